The van der Waals surface area contributed by atoms with Crippen LogP contribution in [0.15, 0.2) is 22.7 Å². The topological polar surface area (TPSA) is 84.8 Å². The molecule has 0 saturated carbocycles. The Hall–Kier alpha value is -2.35. The molecule has 1 aliphatic heterocycles. The number of fused-ring (bicyclic) bond motifs is 2. The Labute approximate surface area is 146 Å². The number of aryl methyl sites for hydroxylation is 2. The molecule has 8 heteroatoms. The van der Waals surface area contributed by atoms with E-state index in [1.54, 1.807) is 4.68 Å². The van der Waals surface area contributed by atoms with E-state index in [-0.39, 0.29) is 11.8 Å². The van der Waals surface area contributed by atoms with E-state index in [9.17, 15) is 4.79 Å². The van der Waals surface area contributed by atoms with E-state index in [0.29, 0.717) is 12.4 Å². The van der Waals surface area contributed by atoms with Crippen LogP contribution in [0, 0.1) is 0 Å². The second-order valence-corrected chi connectivity index (χ2v) is 6.67. The van der Waals surface area contributed by atoms with Crippen LogP contribution in [-0.2, 0) is 18.3 Å². The van der Waals surface area contributed by atoms with Gasteiger partial charge in [-0.15, -0.1) is 0 Å². The predicted molar refractivity (Wildman–Crippen MR) is 93.2 cm³/mol. The first kappa shape index (κ1) is 15.2. The minimum atomic E-state index is -0.349. The van der Waals surface area contributed by atoms with Gasteiger partial charge in [0, 0.05) is 17.1 Å². The minimum absolute atomic E-state index is 0.122. The van der Waals surface area contributed by atoms with Gasteiger partial charge >= 0.3 is 0 Å². The maximum atomic E-state index is 12.8. The third kappa shape index (κ3) is 2.29. The lowest BCUT2D eigenvalue weighted by Crippen LogP contribution is -2.22. The molecule has 2 aromatic heterocycles. The zero-order valence-corrected chi connectivity index (χ0v) is 14.8. The summed E-state index contributed by atoms with van der Waals surface area (Å²) in [6, 6.07) is 5.70. The summed E-state index contributed by atoms with van der Waals surface area (Å²) in [5, 5.41) is 15.4. The number of carbonyl (C=O) groups is 1. The average Bonchev–Trinajstić information content (AvgIpc) is 3.23. The van der Waals surface area contributed by atoms with Crippen LogP contribution in [0.5, 0.6) is 5.75 Å². The van der Waals surface area contributed by atoms with E-state index in [0.717, 1.165) is 38.9 Å². The summed E-state index contributed by atoms with van der Waals surface area (Å²) in [5.74, 6) is 0.869. The summed E-state index contributed by atoms with van der Waals surface area (Å²) >= 11 is 3.44. The first-order valence-corrected chi connectivity index (χ1v) is 8.50. The maximum Gasteiger partial charge on any atom is 0.236 e. The Balaban J connectivity index is 1.66. The van der Waals surface area contributed by atoms with Crippen LogP contribution in [0.1, 0.15) is 24.1 Å². The van der Waals surface area contributed by atoms with Crippen molar-refractivity contribution in [3.8, 4) is 5.75 Å². The van der Waals surface area contributed by atoms with Gasteiger partial charge in [-0.2, -0.15) is 10.2 Å². The lowest BCUT2D eigenvalue weighted by Gasteiger charge is -2.09. The van der Waals surface area contributed by atoms with E-state index < -0.39 is 0 Å². The third-order valence-corrected chi connectivity index (χ3v) is 4.76. The number of benzene rings is 1. The van der Waals surface area contributed by atoms with Crippen LogP contribution in [0.3, 0.4) is 0 Å². The van der Waals surface area contributed by atoms with E-state index in [1.165, 1.54) is 0 Å². The average molecular weight is 390 g/mol. The highest BCUT2D eigenvalue weighted by molar-refractivity contribution is 9.10. The van der Waals surface area contributed by atoms with Gasteiger partial charge < -0.3 is 10.1 Å². The van der Waals surface area contributed by atoms with Crippen molar-refractivity contribution in [1.82, 2.24) is 20.0 Å². The Morgan fingerprint density at radius 2 is 2.38 bits per heavy atom. The number of halogens is 1. The van der Waals surface area contributed by atoms with Gasteiger partial charge in [0.05, 0.1) is 11.1 Å². The SMILES string of the molecule is CCc1nn(C)c2n[nH]c(NC(=O)C3COc4ccc(Br)cc43)c12. The number of anilines is 1. The summed E-state index contributed by atoms with van der Waals surface area (Å²) in [6.07, 6.45) is 0.766. The number of ether oxygens (including phenoxy) is 1. The van der Waals surface area contributed by atoms with Crippen LogP contribution >= 0.6 is 15.9 Å². The molecule has 1 aromatic carbocycles. The number of aromatic amines is 1. The normalized spacial score (nSPS) is 16.2. The number of hydrogen-bond acceptors (Lipinski definition) is 4. The van der Waals surface area contributed by atoms with Crippen LogP contribution < -0.4 is 10.1 Å². The molecular weight excluding hydrogens is 374 g/mol. The molecular formula is C16H16BrN5O2. The first-order chi connectivity index (χ1) is 11.6. The molecule has 1 amide bonds. The summed E-state index contributed by atoms with van der Waals surface area (Å²) in [6.45, 7) is 2.36. The highest BCUT2D eigenvalue weighted by Crippen LogP contribution is 2.36. The first-order valence-electron chi connectivity index (χ1n) is 7.71. The van der Waals surface area contributed by atoms with Crippen molar-refractivity contribution >= 4 is 38.7 Å². The zero-order chi connectivity index (χ0) is 16.8. The molecule has 24 heavy (non-hydrogen) atoms. The van der Waals surface area contributed by atoms with Gasteiger partial charge in [0.2, 0.25) is 5.91 Å². The molecule has 7 nitrogen and oxygen atoms in total. The molecule has 0 spiro atoms. The molecule has 0 fully saturated rings. The number of nitrogens with one attached hydrogen (secondary N) is 2. The van der Waals surface area contributed by atoms with E-state index in [2.05, 4.69) is 36.5 Å². The highest BCUT2D eigenvalue weighted by atomic mass is 79.9. The minimum Gasteiger partial charge on any atom is -0.492 e. The monoisotopic (exact) mass is 389 g/mol. The van der Waals surface area contributed by atoms with Crippen molar-refractivity contribution in [2.75, 3.05) is 11.9 Å². The summed E-state index contributed by atoms with van der Waals surface area (Å²) in [5.41, 5.74) is 2.52. The lowest BCUT2D eigenvalue weighted by atomic mass is 10.0. The fourth-order valence-corrected chi connectivity index (χ4v) is 3.45. The summed E-state index contributed by atoms with van der Waals surface area (Å²) in [7, 11) is 1.84. The molecule has 4 rings (SSSR count). The van der Waals surface area contributed by atoms with Crippen LogP contribution in [0.4, 0.5) is 5.82 Å². The van der Waals surface area contributed by atoms with E-state index in [1.807, 2.05) is 32.2 Å². The van der Waals surface area contributed by atoms with Gasteiger partial charge in [-0.25, -0.2) is 4.68 Å². The van der Waals surface area contributed by atoms with Crippen molar-refractivity contribution in [1.29, 1.82) is 0 Å². The smallest absolute Gasteiger partial charge is 0.236 e. The molecule has 124 valence electrons. The van der Waals surface area contributed by atoms with Crippen LogP contribution in [0.25, 0.3) is 11.0 Å². The van der Waals surface area contributed by atoms with Gasteiger partial charge in [0.1, 0.15) is 24.1 Å². The molecule has 2 N–H and O–H groups in total. The third-order valence-electron chi connectivity index (χ3n) is 4.27. The zero-order valence-electron chi connectivity index (χ0n) is 13.3. The molecule has 1 atom stereocenters. The number of hydrogen-bond donors (Lipinski definition) is 2. The molecule has 3 aromatic rings. The molecule has 1 unspecified atom stereocenters. The van der Waals surface area contributed by atoms with Gasteiger partial charge in [-0.1, -0.05) is 22.9 Å². The molecule has 1 aliphatic rings. The quantitative estimate of drug-likeness (QED) is 0.720. The number of H-pyrrole nitrogens is 1. The predicted octanol–water partition coefficient (Wildman–Crippen LogP) is 2.74. The van der Waals surface area contributed by atoms with Crippen molar-refractivity contribution in [3.05, 3.63) is 33.9 Å². The maximum absolute atomic E-state index is 12.8. The molecule has 0 bridgehead atoms. The lowest BCUT2D eigenvalue weighted by molar-refractivity contribution is -0.117. The molecule has 3 heterocycles. The van der Waals surface area contributed by atoms with Crippen molar-refractivity contribution in [2.24, 2.45) is 7.05 Å². The highest BCUT2D eigenvalue weighted by Gasteiger charge is 2.31. The number of amides is 1. The van der Waals surface area contributed by atoms with Gasteiger partial charge in [0.25, 0.3) is 0 Å². The van der Waals surface area contributed by atoms with Gasteiger partial charge in [-0.05, 0) is 24.6 Å². The standard InChI is InChI=1S/C16H16BrN5O2/c1-3-11-13-14(19-20-15(13)22(2)21-11)18-16(23)10-7-24-12-5-4-8(17)6-9(10)12/h4-6,10H,3,7H2,1-2H3,(H2,18,19,20,23). The second-order valence-electron chi connectivity index (χ2n) is 5.76. The fraction of sp³-hybridized carbons (Fsp3) is 0.312. The van der Waals surface area contributed by atoms with Crippen molar-refractivity contribution < 1.29 is 9.53 Å². The Morgan fingerprint density at radius 1 is 1.54 bits per heavy atom. The second kappa shape index (κ2) is 5.62. The largest absolute Gasteiger partial charge is 0.492 e. The van der Waals surface area contributed by atoms with Crippen LogP contribution in [-0.4, -0.2) is 32.5 Å². The molecule has 0 aliphatic carbocycles. The number of aromatic nitrogens is 4. The van der Waals surface area contributed by atoms with E-state index in [4.69, 9.17) is 4.74 Å². The van der Waals surface area contributed by atoms with E-state index >= 15 is 0 Å². The summed E-state index contributed by atoms with van der Waals surface area (Å²) < 4.78 is 8.26. The number of nitrogens with zero attached hydrogens (tertiary/aromatic N) is 3. The molecule has 0 saturated heterocycles. The van der Waals surface area contributed by atoms with Crippen molar-refractivity contribution in [3.63, 3.8) is 0 Å². The van der Waals surface area contributed by atoms with Gasteiger partial charge in [-0.3, -0.25) is 9.89 Å². The Kier molecular flexibility index (Phi) is 3.56. The van der Waals surface area contributed by atoms with Crippen LogP contribution in [0.2, 0.25) is 0 Å². The number of rotatable bonds is 3. The fourth-order valence-electron chi connectivity index (χ4n) is 3.07. The Bertz CT molecular complexity index is 945. The summed E-state index contributed by atoms with van der Waals surface area (Å²) in [4.78, 5) is 12.8. The Morgan fingerprint density at radius 3 is 3.17 bits per heavy atom. The molecule has 0 radical (unpaired) electrons. The number of carbonyl (C=O) groups excluding carboxylic acids is 1. The van der Waals surface area contributed by atoms with Gasteiger partial charge in [0.15, 0.2) is 5.65 Å². The van der Waals surface area contributed by atoms with Crippen molar-refractivity contribution in [2.45, 2.75) is 19.3 Å².